The lowest BCUT2D eigenvalue weighted by molar-refractivity contribution is -0.149. The molecule has 6 heteroatoms. The predicted molar refractivity (Wildman–Crippen MR) is 81.0 cm³/mol. The van der Waals surface area contributed by atoms with E-state index in [-0.39, 0.29) is 12.5 Å². The zero-order valence-corrected chi connectivity index (χ0v) is 12.6. The van der Waals surface area contributed by atoms with E-state index in [0.29, 0.717) is 17.7 Å². The van der Waals surface area contributed by atoms with Crippen LogP contribution in [0.2, 0.25) is 0 Å². The smallest absolute Gasteiger partial charge is 0.325 e. The zero-order chi connectivity index (χ0) is 18.2. The summed E-state index contributed by atoms with van der Waals surface area (Å²) in [7, 11) is 0. The van der Waals surface area contributed by atoms with E-state index in [0.717, 1.165) is 32.1 Å². The minimum Gasteiger partial charge on any atom is -0.461 e. The number of guanidine groups is 1. The maximum absolute atomic E-state index is 12.1. The molecular weight excluding hydrogens is 270 g/mol. The van der Waals surface area contributed by atoms with Crippen LogP contribution in [-0.2, 0) is 14.3 Å². The van der Waals surface area contributed by atoms with Crippen LogP contribution < -0.4 is 5.32 Å². The first-order valence-corrected chi connectivity index (χ1v) is 7.59. The van der Waals surface area contributed by atoms with Gasteiger partial charge in [0.15, 0.2) is 5.96 Å². The molecule has 0 aromatic heterocycles. The first-order valence-electron chi connectivity index (χ1n) is 9.09. The van der Waals surface area contributed by atoms with E-state index in [1.165, 1.54) is 0 Å². The Morgan fingerprint density at radius 1 is 1.33 bits per heavy atom. The topological polar surface area (TPSA) is 82.5 Å². The largest absolute Gasteiger partial charge is 0.461 e. The van der Waals surface area contributed by atoms with Crippen molar-refractivity contribution in [2.24, 2.45) is 0 Å². The fourth-order valence-corrected chi connectivity index (χ4v) is 2.23. The summed E-state index contributed by atoms with van der Waals surface area (Å²) in [6, 6.07) is 0. The predicted octanol–water partition coefficient (Wildman–Crippen LogP) is 2.04. The molecule has 0 saturated carbocycles. The van der Waals surface area contributed by atoms with Crippen LogP contribution in [0.15, 0.2) is 0 Å². The van der Waals surface area contributed by atoms with Gasteiger partial charge in [-0.25, -0.2) is 0 Å². The molecule has 1 atom stereocenters. The lowest BCUT2D eigenvalue weighted by atomic mass is 10.1. The Morgan fingerprint density at radius 2 is 2.05 bits per heavy atom. The van der Waals surface area contributed by atoms with E-state index >= 15 is 0 Å². The van der Waals surface area contributed by atoms with Crippen LogP contribution in [0, 0.1) is 5.41 Å². The number of amides is 1. The molecule has 21 heavy (non-hydrogen) atoms. The number of ether oxygens (including phenoxy) is 1. The van der Waals surface area contributed by atoms with Crippen LogP contribution >= 0.6 is 0 Å². The molecule has 0 spiro atoms. The van der Waals surface area contributed by atoms with Crippen LogP contribution in [0.5, 0.6) is 0 Å². The van der Waals surface area contributed by atoms with Gasteiger partial charge in [-0.15, -0.1) is 0 Å². The number of esters is 1. The third-order valence-corrected chi connectivity index (χ3v) is 3.50. The molecule has 0 aliphatic carbocycles. The van der Waals surface area contributed by atoms with E-state index in [4.69, 9.17) is 14.3 Å². The number of rotatable bonds is 1. The molecule has 0 bridgehead atoms. The van der Waals surface area contributed by atoms with Crippen molar-refractivity contribution in [3.63, 3.8) is 0 Å². The van der Waals surface area contributed by atoms with Crippen molar-refractivity contribution in [2.45, 2.75) is 64.4 Å². The fourth-order valence-electron chi connectivity index (χ4n) is 2.23. The lowest BCUT2D eigenvalue weighted by Crippen LogP contribution is -2.44. The first kappa shape index (κ1) is 13.1. The van der Waals surface area contributed by atoms with E-state index in [1.807, 2.05) is 6.92 Å². The molecule has 0 aromatic rings. The van der Waals surface area contributed by atoms with Gasteiger partial charge in [-0.3, -0.25) is 20.3 Å². The molecule has 120 valence electrons. The molecule has 1 saturated heterocycles. The van der Waals surface area contributed by atoms with Crippen molar-refractivity contribution in [3.8, 4) is 0 Å². The molecule has 1 rings (SSSR count). The summed E-state index contributed by atoms with van der Waals surface area (Å²) in [6.45, 7) is -1.39. The van der Waals surface area contributed by atoms with Crippen molar-refractivity contribution in [1.29, 1.82) is 5.41 Å². The molecular formula is C15H27N3O3. The van der Waals surface area contributed by atoms with Gasteiger partial charge in [0, 0.05) is 17.5 Å². The quantitative estimate of drug-likeness (QED) is 0.726. The Bertz CT molecular complexity index is 455. The summed E-state index contributed by atoms with van der Waals surface area (Å²) in [5, 5.41) is 10.1. The Labute approximate surface area is 130 Å². The first-order chi connectivity index (χ1) is 11.2. The Morgan fingerprint density at radius 3 is 2.76 bits per heavy atom. The van der Waals surface area contributed by atoms with Crippen molar-refractivity contribution >= 4 is 17.8 Å². The van der Waals surface area contributed by atoms with Crippen LogP contribution in [0.1, 0.15) is 62.4 Å². The highest BCUT2D eigenvalue weighted by atomic mass is 16.5. The van der Waals surface area contributed by atoms with Gasteiger partial charge in [-0.2, -0.15) is 0 Å². The number of likely N-dealkylation sites (N-methyl/N-ethyl adjacent to an activating group) is 1. The van der Waals surface area contributed by atoms with Gasteiger partial charge in [0.1, 0.15) is 12.6 Å². The second kappa shape index (κ2) is 9.37. The molecule has 1 unspecified atom stereocenters. The molecule has 6 nitrogen and oxygen atoms in total. The van der Waals surface area contributed by atoms with Gasteiger partial charge < -0.3 is 9.64 Å². The SMILES string of the molecule is [2H]C([2H])([2H])N1CC(=O)OC(CC)CCCCCCCC(=O)NC1=N. The van der Waals surface area contributed by atoms with E-state index < -0.39 is 31.4 Å². The molecule has 1 aliphatic rings. The van der Waals surface area contributed by atoms with Gasteiger partial charge in [0.25, 0.3) is 0 Å². The molecule has 1 heterocycles. The summed E-state index contributed by atoms with van der Waals surface area (Å²) in [6.07, 6.45) is 5.92. The van der Waals surface area contributed by atoms with Gasteiger partial charge in [-0.1, -0.05) is 26.2 Å². The molecule has 1 aliphatic heterocycles. The van der Waals surface area contributed by atoms with E-state index in [1.54, 1.807) is 0 Å². The van der Waals surface area contributed by atoms with Gasteiger partial charge in [0.05, 0.1) is 0 Å². The number of nitrogens with zero attached hydrogens (tertiary/aromatic N) is 1. The number of cyclic esters (lactones) is 1. The summed E-state index contributed by atoms with van der Waals surface area (Å²) >= 11 is 0. The highest BCUT2D eigenvalue weighted by Gasteiger charge is 2.17. The fraction of sp³-hybridized carbons (Fsp3) is 0.800. The number of hydrogen-bond acceptors (Lipinski definition) is 4. The normalized spacial score (nSPS) is 26.5. The highest BCUT2D eigenvalue weighted by Crippen LogP contribution is 2.13. The van der Waals surface area contributed by atoms with E-state index in [2.05, 4.69) is 5.32 Å². The van der Waals surface area contributed by atoms with Crippen LogP contribution in [0.25, 0.3) is 0 Å². The molecule has 1 amide bonds. The molecule has 2 N–H and O–H groups in total. The second-order valence-electron chi connectivity index (χ2n) is 5.31. The average molecular weight is 300 g/mol. The molecule has 0 aromatic carbocycles. The maximum atomic E-state index is 12.1. The number of carbonyl (C=O) groups is 2. The third kappa shape index (κ3) is 7.11. The Kier molecular flexibility index (Phi) is 5.84. The minimum atomic E-state index is -2.71. The summed E-state index contributed by atoms with van der Waals surface area (Å²) in [4.78, 5) is 24.4. The van der Waals surface area contributed by atoms with Crippen molar-refractivity contribution < 1.29 is 18.4 Å². The number of hydrogen-bond donors (Lipinski definition) is 2. The minimum absolute atomic E-state index is 0.235. The third-order valence-electron chi connectivity index (χ3n) is 3.50. The standard InChI is InChI=1S/C15H27N3O3/c1-3-12-9-7-5-4-6-8-10-13(19)17-15(16)18(2)11-14(20)21-12/h12H,3-11H2,1-2H3,(H2,16,17,19)/i2D3. The maximum Gasteiger partial charge on any atom is 0.325 e. The Balaban J connectivity index is 2.86. The second-order valence-corrected chi connectivity index (χ2v) is 5.31. The van der Waals surface area contributed by atoms with Gasteiger partial charge in [0.2, 0.25) is 5.91 Å². The lowest BCUT2D eigenvalue weighted by Gasteiger charge is -2.21. The molecule has 1 fully saturated rings. The van der Waals surface area contributed by atoms with Gasteiger partial charge in [-0.05, 0) is 25.7 Å². The van der Waals surface area contributed by atoms with Crippen LogP contribution in [0.3, 0.4) is 0 Å². The highest BCUT2D eigenvalue weighted by molar-refractivity contribution is 5.96. The molecule has 0 radical (unpaired) electrons. The van der Waals surface area contributed by atoms with Crippen molar-refractivity contribution in [1.82, 2.24) is 10.2 Å². The number of carbonyl (C=O) groups excluding carboxylic acids is 2. The van der Waals surface area contributed by atoms with E-state index in [9.17, 15) is 9.59 Å². The monoisotopic (exact) mass is 300 g/mol. The summed E-state index contributed by atoms with van der Waals surface area (Å²) in [5.41, 5.74) is 0. The number of nitrogens with one attached hydrogen (secondary N) is 2. The van der Waals surface area contributed by atoms with Crippen LogP contribution in [0.4, 0.5) is 0 Å². The summed E-state index contributed by atoms with van der Waals surface area (Å²) in [5.74, 6) is -1.71. The summed E-state index contributed by atoms with van der Waals surface area (Å²) < 4.78 is 27.8. The van der Waals surface area contributed by atoms with Crippen molar-refractivity contribution in [2.75, 3.05) is 13.5 Å². The van der Waals surface area contributed by atoms with Gasteiger partial charge >= 0.3 is 5.97 Å². The average Bonchev–Trinajstić information content (AvgIpc) is 2.48. The van der Waals surface area contributed by atoms with Crippen molar-refractivity contribution in [3.05, 3.63) is 0 Å². The van der Waals surface area contributed by atoms with Crippen LogP contribution in [-0.4, -0.2) is 42.4 Å². The Hall–Kier alpha value is -1.59. The zero-order valence-electron chi connectivity index (χ0n) is 15.6.